The fraction of sp³-hybridized carbons (Fsp3) is 0.333. The number of rotatable bonds is 6. The molecule has 0 spiro atoms. The number of hydrogen-bond donors (Lipinski definition) is 3. The molecule has 0 aliphatic carbocycles. The lowest BCUT2D eigenvalue weighted by atomic mass is 10.3. The number of nitrogens with one attached hydrogen (secondary N) is 2. The highest BCUT2D eigenvalue weighted by Crippen LogP contribution is 2.23. The van der Waals surface area contributed by atoms with E-state index in [0.717, 1.165) is 34.8 Å². The third kappa shape index (κ3) is 4.15. The third-order valence-corrected chi connectivity index (χ3v) is 4.09. The van der Waals surface area contributed by atoms with E-state index in [2.05, 4.69) is 49.6 Å². The first-order chi connectivity index (χ1) is 9.21. The second-order valence-corrected chi connectivity index (χ2v) is 6.56. The van der Waals surface area contributed by atoms with Crippen LogP contribution in [0.3, 0.4) is 0 Å². The Morgan fingerprint density at radius 1 is 1.32 bits per heavy atom. The van der Waals surface area contributed by atoms with Crippen molar-refractivity contribution in [3.8, 4) is 0 Å². The van der Waals surface area contributed by atoms with Crippen molar-refractivity contribution in [1.82, 2.24) is 9.97 Å². The van der Waals surface area contributed by atoms with Crippen LogP contribution in [-0.2, 0) is 13.0 Å². The highest BCUT2D eigenvalue weighted by atomic mass is 79.9. The van der Waals surface area contributed by atoms with E-state index in [1.54, 1.807) is 11.3 Å². The number of aromatic nitrogens is 2. The maximum absolute atomic E-state index is 5.42. The molecule has 2 heterocycles. The van der Waals surface area contributed by atoms with Crippen molar-refractivity contribution >= 4 is 38.9 Å². The van der Waals surface area contributed by atoms with Crippen LogP contribution in [0.5, 0.6) is 0 Å². The second-order valence-electron chi connectivity index (χ2n) is 4.01. The Kier molecular flexibility index (Phi) is 5.12. The molecule has 4 N–H and O–H groups in total. The molecule has 7 heteroatoms. The Morgan fingerprint density at radius 2 is 2.11 bits per heavy atom. The van der Waals surface area contributed by atoms with E-state index in [-0.39, 0.29) is 0 Å². The molecule has 0 saturated carbocycles. The van der Waals surface area contributed by atoms with Crippen molar-refractivity contribution in [2.75, 3.05) is 10.7 Å². The molecule has 0 atom stereocenters. The van der Waals surface area contributed by atoms with E-state index in [1.165, 1.54) is 4.88 Å². The third-order valence-electron chi connectivity index (χ3n) is 2.47. The number of hydrazine groups is 1. The topological polar surface area (TPSA) is 75.9 Å². The van der Waals surface area contributed by atoms with Gasteiger partial charge in [-0.1, -0.05) is 6.92 Å². The average Bonchev–Trinajstić information content (AvgIpc) is 2.82. The summed E-state index contributed by atoms with van der Waals surface area (Å²) in [6, 6.07) is 5.93. The molecule has 0 unspecified atom stereocenters. The van der Waals surface area contributed by atoms with Crippen molar-refractivity contribution in [2.45, 2.75) is 26.3 Å². The van der Waals surface area contributed by atoms with Crippen LogP contribution in [0.4, 0.5) is 11.6 Å². The number of thiophene rings is 1. The Labute approximate surface area is 124 Å². The van der Waals surface area contributed by atoms with Crippen molar-refractivity contribution < 1.29 is 0 Å². The summed E-state index contributed by atoms with van der Waals surface area (Å²) < 4.78 is 1.13. The number of aryl methyl sites for hydroxylation is 1. The number of nitrogens with two attached hydrogens (primary N) is 1. The van der Waals surface area contributed by atoms with Gasteiger partial charge in [-0.3, -0.25) is 0 Å². The molecule has 0 bridgehead atoms. The molecule has 19 heavy (non-hydrogen) atoms. The molecule has 0 fully saturated rings. The minimum Gasteiger partial charge on any atom is -0.365 e. The number of nitrogen functional groups attached to an aromatic ring is 1. The average molecular weight is 342 g/mol. The van der Waals surface area contributed by atoms with Gasteiger partial charge in [0, 0.05) is 17.4 Å². The van der Waals surface area contributed by atoms with E-state index < -0.39 is 0 Å². The molecule has 0 aliphatic rings. The lowest BCUT2D eigenvalue weighted by molar-refractivity contribution is 0.834. The van der Waals surface area contributed by atoms with Crippen molar-refractivity contribution in [3.63, 3.8) is 0 Å². The van der Waals surface area contributed by atoms with E-state index in [0.29, 0.717) is 5.82 Å². The van der Waals surface area contributed by atoms with Crippen LogP contribution < -0.4 is 16.6 Å². The van der Waals surface area contributed by atoms with Gasteiger partial charge in [-0.05, 0) is 34.5 Å². The molecular weight excluding hydrogens is 326 g/mol. The van der Waals surface area contributed by atoms with E-state index in [4.69, 9.17) is 5.84 Å². The van der Waals surface area contributed by atoms with Crippen LogP contribution >= 0.6 is 27.3 Å². The lowest BCUT2D eigenvalue weighted by Crippen LogP contribution is -2.12. The number of halogens is 1. The van der Waals surface area contributed by atoms with Crippen LogP contribution in [0.15, 0.2) is 22.0 Å². The zero-order valence-corrected chi connectivity index (χ0v) is 13.0. The smallest absolute Gasteiger partial charge is 0.145 e. The molecule has 2 aromatic rings. The predicted octanol–water partition coefficient (Wildman–Crippen LogP) is 3.15. The van der Waals surface area contributed by atoms with Gasteiger partial charge in [-0.15, -0.1) is 11.3 Å². The Morgan fingerprint density at radius 3 is 2.74 bits per heavy atom. The quantitative estimate of drug-likeness (QED) is 0.555. The summed E-state index contributed by atoms with van der Waals surface area (Å²) in [6.07, 6.45) is 1.85. The van der Waals surface area contributed by atoms with E-state index in [9.17, 15) is 0 Å². The maximum Gasteiger partial charge on any atom is 0.145 e. The predicted molar refractivity (Wildman–Crippen MR) is 83.2 cm³/mol. The fourth-order valence-electron chi connectivity index (χ4n) is 1.62. The monoisotopic (exact) mass is 341 g/mol. The zero-order valence-electron chi connectivity index (χ0n) is 10.6. The Bertz CT molecular complexity index is 543. The number of hydrogen-bond acceptors (Lipinski definition) is 6. The van der Waals surface area contributed by atoms with Crippen LogP contribution in [0.1, 0.15) is 24.0 Å². The molecule has 0 amide bonds. The van der Waals surface area contributed by atoms with Gasteiger partial charge in [0.05, 0.1) is 10.3 Å². The summed E-state index contributed by atoms with van der Waals surface area (Å²) in [4.78, 5) is 10.0. The molecular formula is C12H16BrN5S. The van der Waals surface area contributed by atoms with E-state index in [1.807, 2.05) is 12.1 Å². The zero-order chi connectivity index (χ0) is 13.7. The van der Waals surface area contributed by atoms with Crippen LogP contribution in [-0.4, -0.2) is 9.97 Å². The molecule has 5 nitrogen and oxygen atoms in total. The SMILES string of the molecule is CCCc1nc(NN)cc(NCc2ccc(Br)s2)n1. The van der Waals surface area contributed by atoms with Gasteiger partial charge >= 0.3 is 0 Å². The number of anilines is 2. The summed E-state index contributed by atoms with van der Waals surface area (Å²) in [5, 5.41) is 3.29. The molecule has 2 aromatic heterocycles. The minimum absolute atomic E-state index is 0.633. The molecule has 0 aromatic carbocycles. The van der Waals surface area contributed by atoms with Crippen LogP contribution in [0, 0.1) is 0 Å². The molecule has 102 valence electrons. The van der Waals surface area contributed by atoms with Crippen LogP contribution in [0.2, 0.25) is 0 Å². The molecule has 0 radical (unpaired) electrons. The lowest BCUT2D eigenvalue weighted by Gasteiger charge is -2.08. The highest BCUT2D eigenvalue weighted by Gasteiger charge is 2.04. The molecule has 0 saturated heterocycles. The second kappa shape index (κ2) is 6.83. The molecule has 2 rings (SSSR count). The van der Waals surface area contributed by atoms with Gasteiger partial charge in [0.2, 0.25) is 0 Å². The van der Waals surface area contributed by atoms with Crippen LogP contribution in [0.25, 0.3) is 0 Å². The summed E-state index contributed by atoms with van der Waals surface area (Å²) in [7, 11) is 0. The van der Waals surface area contributed by atoms with Gasteiger partial charge in [0.1, 0.15) is 17.5 Å². The summed E-state index contributed by atoms with van der Waals surface area (Å²) in [5.74, 6) is 7.64. The maximum atomic E-state index is 5.42. The minimum atomic E-state index is 0.633. The first kappa shape index (κ1) is 14.2. The Hall–Kier alpha value is -1.18. The van der Waals surface area contributed by atoms with Gasteiger partial charge in [-0.25, -0.2) is 15.8 Å². The van der Waals surface area contributed by atoms with Crippen molar-refractivity contribution in [3.05, 3.63) is 32.7 Å². The fourth-order valence-corrected chi connectivity index (χ4v) is 3.04. The Balaban J connectivity index is 2.08. The van der Waals surface area contributed by atoms with E-state index >= 15 is 0 Å². The van der Waals surface area contributed by atoms with Crippen molar-refractivity contribution in [2.24, 2.45) is 5.84 Å². The van der Waals surface area contributed by atoms with Gasteiger partial charge < -0.3 is 10.7 Å². The van der Waals surface area contributed by atoms with Gasteiger partial charge in [0.25, 0.3) is 0 Å². The standard InChI is InChI=1S/C12H16BrN5S/c1-2-3-10-16-11(6-12(17-10)18-14)15-7-8-4-5-9(13)19-8/h4-6H,2-3,7,14H2,1H3,(H2,15,16,17,18). The van der Waals surface area contributed by atoms with Gasteiger partial charge in [0.15, 0.2) is 0 Å². The van der Waals surface area contributed by atoms with Gasteiger partial charge in [-0.2, -0.15) is 0 Å². The first-order valence-electron chi connectivity index (χ1n) is 6.04. The normalized spacial score (nSPS) is 10.5. The number of nitrogens with zero attached hydrogens (tertiary/aromatic N) is 2. The largest absolute Gasteiger partial charge is 0.365 e. The summed E-state index contributed by atoms with van der Waals surface area (Å²) >= 11 is 5.15. The summed E-state index contributed by atoms with van der Waals surface area (Å²) in [6.45, 7) is 2.84. The van der Waals surface area contributed by atoms with Crippen molar-refractivity contribution in [1.29, 1.82) is 0 Å². The first-order valence-corrected chi connectivity index (χ1v) is 7.65. The summed E-state index contributed by atoms with van der Waals surface area (Å²) in [5.41, 5.74) is 2.57. The highest BCUT2D eigenvalue weighted by molar-refractivity contribution is 9.11. The molecule has 0 aliphatic heterocycles.